The second-order valence-corrected chi connectivity index (χ2v) is 4.07. The molecule has 4 heteroatoms. The highest BCUT2D eigenvalue weighted by atomic mass is 16.6. The van der Waals surface area contributed by atoms with Crippen molar-refractivity contribution in [2.24, 2.45) is 5.92 Å². The van der Waals surface area contributed by atoms with Crippen molar-refractivity contribution in [3.8, 4) is 0 Å². The quantitative estimate of drug-likeness (QED) is 0.670. The minimum absolute atomic E-state index is 0.110. The van der Waals surface area contributed by atoms with Crippen LogP contribution in [0.25, 0.3) is 0 Å². The summed E-state index contributed by atoms with van der Waals surface area (Å²) in [5.74, 6) is 0.149. The molecular weight excluding hydrogens is 194 g/mol. The van der Waals surface area contributed by atoms with Crippen molar-refractivity contribution in [1.29, 1.82) is 0 Å². The van der Waals surface area contributed by atoms with Gasteiger partial charge in [-0.3, -0.25) is 4.79 Å². The Kier molecular flexibility index (Phi) is 3.88. The first-order chi connectivity index (χ1) is 7.06. The average Bonchev–Trinajstić information content (AvgIpc) is 2.46. The Balaban J connectivity index is 2.72. The van der Waals surface area contributed by atoms with Gasteiger partial charge in [-0.25, -0.2) is 9.69 Å². The zero-order valence-corrected chi connectivity index (χ0v) is 9.40. The van der Waals surface area contributed by atoms with Gasteiger partial charge in [-0.2, -0.15) is 0 Å². The Morgan fingerprint density at radius 2 is 2.33 bits per heavy atom. The Labute approximate surface area is 89.9 Å². The van der Waals surface area contributed by atoms with Crippen LogP contribution in [0.5, 0.6) is 0 Å². The van der Waals surface area contributed by atoms with Crippen LogP contribution in [-0.2, 0) is 9.53 Å². The molecule has 0 aliphatic carbocycles. The van der Waals surface area contributed by atoms with E-state index in [2.05, 4.69) is 13.8 Å². The molecule has 4 nitrogen and oxygen atoms in total. The number of amides is 2. The lowest BCUT2D eigenvalue weighted by atomic mass is 10.0. The molecule has 0 saturated carbocycles. The van der Waals surface area contributed by atoms with Gasteiger partial charge in [-0.15, -0.1) is 0 Å². The first kappa shape index (κ1) is 11.8. The lowest BCUT2D eigenvalue weighted by molar-refractivity contribution is -0.124. The predicted octanol–water partition coefficient (Wildman–Crippen LogP) is 1.96. The molecule has 0 bridgehead atoms. The first-order valence-electron chi connectivity index (χ1n) is 5.19. The van der Waals surface area contributed by atoms with Crippen molar-refractivity contribution in [3.63, 3.8) is 0 Å². The third-order valence-corrected chi connectivity index (χ3v) is 2.25. The van der Waals surface area contributed by atoms with Gasteiger partial charge >= 0.3 is 6.09 Å². The van der Waals surface area contributed by atoms with Crippen molar-refractivity contribution in [3.05, 3.63) is 12.2 Å². The number of carbonyl (C=O) groups is 2. The zero-order valence-electron chi connectivity index (χ0n) is 9.40. The molecule has 1 heterocycles. The van der Waals surface area contributed by atoms with E-state index >= 15 is 0 Å². The topological polar surface area (TPSA) is 46.6 Å². The first-order valence-corrected chi connectivity index (χ1v) is 5.19. The molecule has 84 valence electrons. The Hall–Kier alpha value is -1.32. The van der Waals surface area contributed by atoms with Crippen molar-refractivity contribution < 1.29 is 14.3 Å². The van der Waals surface area contributed by atoms with Crippen LogP contribution in [0.2, 0.25) is 0 Å². The summed E-state index contributed by atoms with van der Waals surface area (Å²) in [6, 6.07) is -0.110. The number of imide groups is 1. The molecule has 0 N–H and O–H groups in total. The molecule has 1 aliphatic rings. The number of allylic oxidation sites excluding steroid dienone is 1. The van der Waals surface area contributed by atoms with Gasteiger partial charge in [-0.1, -0.05) is 19.9 Å². The molecule has 0 aromatic carbocycles. The van der Waals surface area contributed by atoms with Crippen molar-refractivity contribution in [1.82, 2.24) is 4.90 Å². The Bertz CT molecular complexity index is 284. The van der Waals surface area contributed by atoms with E-state index in [9.17, 15) is 9.59 Å². The minimum Gasteiger partial charge on any atom is -0.447 e. The smallest absolute Gasteiger partial charge is 0.417 e. The van der Waals surface area contributed by atoms with Crippen LogP contribution in [0.3, 0.4) is 0 Å². The standard InChI is InChI=1S/C11H17NO3/c1-4-5-10(13)12-9(6-8(2)3)7-15-11(12)14/h4-5,8-9H,6-7H2,1-3H3/b5-4+/t9-/m1/s1. The van der Waals surface area contributed by atoms with E-state index in [0.717, 1.165) is 6.42 Å². The van der Waals surface area contributed by atoms with Crippen LogP contribution in [0.1, 0.15) is 27.2 Å². The third-order valence-electron chi connectivity index (χ3n) is 2.25. The minimum atomic E-state index is -0.524. The number of carbonyl (C=O) groups excluding carboxylic acids is 2. The maximum atomic E-state index is 11.6. The molecule has 1 saturated heterocycles. The normalized spacial score (nSPS) is 21.5. The molecule has 1 aliphatic heterocycles. The molecule has 2 amide bonds. The highest BCUT2D eigenvalue weighted by Gasteiger charge is 2.36. The summed E-state index contributed by atoms with van der Waals surface area (Å²) in [4.78, 5) is 24.1. The fraction of sp³-hybridized carbons (Fsp3) is 0.636. The second kappa shape index (κ2) is 4.96. The number of nitrogens with zero attached hydrogens (tertiary/aromatic N) is 1. The summed E-state index contributed by atoms with van der Waals surface area (Å²) in [6.45, 7) is 6.18. The molecule has 1 fully saturated rings. The maximum absolute atomic E-state index is 11.6. The van der Waals surface area contributed by atoms with E-state index in [-0.39, 0.29) is 11.9 Å². The van der Waals surface area contributed by atoms with Crippen molar-refractivity contribution >= 4 is 12.0 Å². The van der Waals surface area contributed by atoms with Gasteiger partial charge in [0.05, 0.1) is 6.04 Å². The zero-order chi connectivity index (χ0) is 11.4. The van der Waals surface area contributed by atoms with Crippen LogP contribution in [-0.4, -0.2) is 29.5 Å². The average molecular weight is 211 g/mol. The second-order valence-electron chi connectivity index (χ2n) is 4.07. The SMILES string of the molecule is C/C=C/C(=O)N1C(=O)OC[C@H]1CC(C)C. The van der Waals surface area contributed by atoms with Gasteiger partial charge < -0.3 is 4.74 Å². The van der Waals surface area contributed by atoms with Crippen LogP contribution in [0, 0.1) is 5.92 Å². The van der Waals surface area contributed by atoms with E-state index in [1.54, 1.807) is 13.0 Å². The van der Waals surface area contributed by atoms with Crippen LogP contribution in [0.15, 0.2) is 12.2 Å². The number of hydrogen-bond acceptors (Lipinski definition) is 3. The number of cyclic esters (lactones) is 1. The van der Waals surface area contributed by atoms with E-state index in [1.807, 2.05) is 0 Å². The monoisotopic (exact) mass is 211 g/mol. The van der Waals surface area contributed by atoms with Crippen molar-refractivity contribution in [2.75, 3.05) is 6.61 Å². The predicted molar refractivity (Wildman–Crippen MR) is 56.3 cm³/mol. The largest absolute Gasteiger partial charge is 0.447 e. The van der Waals surface area contributed by atoms with Crippen LogP contribution < -0.4 is 0 Å². The maximum Gasteiger partial charge on any atom is 0.417 e. The number of ether oxygens (including phenoxy) is 1. The lowest BCUT2D eigenvalue weighted by Gasteiger charge is -2.19. The summed E-state index contributed by atoms with van der Waals surface area (Å²) >= 11 is 0. The molecule has 0 unspecified atom stereocenters. The van der Waals surface area contributed by atoms with E-state index in [1.165, 1.54) is 11.0 Å². The van der Waals surface area contributed by atoms with Crippen molar-refractivity contribution in [2.45, 2.75) is 33.2 Å². The Morgan fingerprint density at radius 1 is 1.67 bits per heavy atom. The van der Waals surface area contributed by atoms with Gasteiger partial charge in [-0.05, 0) is 25.3 Å². The van der Waals surface area contributed by atoms with E-state index < -0.39 is 6.09 Å². The number of hydrogen-bond donors (Lipinski definition) is 0. The summed E-state index contributed by atoms with van der Waals surface area (Å²) in [5.41, 5.74) is 0. The Morgan fingerprint density at radius 3 is 2.87 bits per heavy atom. The fourth-order valence-corrected chi connectivity index (χ4v) is 1.67. The van der Waals surface area contributed by atoms with Crippen LogP contribution >= 0.6 is 0 Å². The summed E-state index contributed by atoms with van der Waals surface area (Å²) in [7, 11) is 0. The molecule has 1 atom stereocenters. The van der Waals surface area contributed by atoms with Gasteiger partial charge in [0.1, 0.15) is 6.61 Å². The summed E-state index contributed by atoms with van der Waals surface area (Å²) in [5, 5.41) is 0. The van der Waals surface area contributed by atoms with Gasteiger partial charge in [0, 0.05) is 0 Å². The van der Waals surface area contributed by atoms with Gasteiger partial charge in [0.2, 0.25) is 0 Å². The summed E-state index contributed by atoms with van der Waals surface area (Å²) < 4.78 is 4.88. The lowest BCUT2D eigenvalue weighted by Crippen LogP contribution is -2.38. The van der Waals surface area contributed by atoms with E-state index in [0.29, 0.717) is 12.5 Å². The third kappa shape index (κ3) is 2.81. The summed E-state index contributed by atoms with van der Waals surface area (Å²) in [6.07, 6.45) is 3.28. The molecule has 0 spiro atoms. The molecular formula is C11H17NO3. The molecule has 0 aromatic heterocycles. The molecule has 0 radical (unpaired) electrons. The molecule has 15 heavy (non-hydrogen) atoms. The fourth-order valence-electron chi connectivity index (χ4n) is 1.67. The van der Waals surface area contributed by atoms with Gasteiger partial charge in [0.25, 0.3) is 5.91 Å². The molecule has 1 rings (SSSR count). The number of rotatable bonds is 3. The molecule has 0 aromatic rings. The van der Waals surface area contributed by atoms with Crippen LogP contribution in [0.4, 0.5) is 4.79 Å². The highest BCUT2D eigenvalue weighted by molar-refractivity contribution is 5.99. The van der Waals surface area contributed by atoms with E-state index in [4.69, 9.17) is 4.74 Å². The highest BCUT2D eigenvalue weighted by Crippen LogP contribution is 2.19. The van der Waals surface area contributed by atoms with Gasteiger partial charge in [0.15, 0.2) is 0 Å².